The lowest BCUT2D eigenvalue weighted by atomic mass is 10.2. The smallest absolute Gasteiger partial charge is 0.414 e. The first-order valence-corrected chi connectivity index (χ1v) is 7.14. The molecule has 0 saturated carbocycles. The van der Waals surface area contributed by atoms with Crippen LogP contribution in [0.4, 0.5) is 10.7 Å². The largest absolute Gasteiger partial charge is 0.444 e. The summed E-state index contributed by atoms with van der Waals surface area (Å²) < 4.78 is 7.46. The van der Waals surface area contributed by atoms with Gasteiger partial charge in [-0.15, -0.1) is 0 Å². The van der Waals surface area contributed by atoms with Crippen molar-refractivity contribution in [2.45, 2.75) is 6.61 Å². The highest BCUT2D eigenvalue weighted by atomic mass is 127. The van der Waals surface area contributed by atoms with Crippen molar-refractivity contribution in [3.8, 4) is 0 Å². The number of nitrogens with zero attached hydrogens (tertiary/aromatic N) is 4. The van der Waals surface area contributed by atoms with Gasteiger partial charge in [0.25, 0.3) is 0 Å². The van der Waals surface area contributed by atoms with Crippen molar-refractivity contribution in [2.75, 3.05) is 5.32 Å². The van der Waals surface area contributed by atoms with Crippen molar-refractivity contribution in [1.82, 2.24) is 19.6 Å². The average Bonchev–Trinajstić information content (AvgIpc) is 2.89. The number of ether oxygens (including phenoxy) is 1. The molecule has 1 N–H and O–H groups in total. The molecule has 0 aliphatic carbocycles. The second kappa shape index (κ2) is 6.04. The Morgan fingerprint density at radius 3 is 2.90 bits per heavy atom. The van der Waals surface area contributed by atoms with Crippen molar-refractivity contribution in [3.63, 3.8) is 0 Å². The summed E-state index contributed by atoms with van der Waals surface area (Å²) in [7, 11) is 0. The van der Waals surface area contributed by atoms with Crippen LogP contribution in [0.5, 0.6) is 0 Å². The summed E-state index contributed by atoms with van der Waals surface area (Å²) >= 11 is 2.11. The first-order chi connectivity index (χ1) is 10.2. The fraction of sp³-hybridized carbons (Fsp3) is 0.0769. The monoisotopic (exact) mass is 395 g/mol. The number of carbonyl (C=O) groups is 1. The molecule has 7 nitrogen and oxygen atoms in total. The van der Waals surface area contributed by atoms with Crippen LogP contribution >= 0.6 is 22.6 Å². The van der Waals surface area contributed by atoms with E-state index in [2.05, 4.69) is 43.0 Å². The number of rotatable bonds is 3. The van der Waals surface area contributed by atoms with Crippen molar-refractivity contribution >= 4 is 40.3 Å². The van der Waals surface area contributed by atoms with Crippen LogP contribution in [0.3, 0.4) is 0 Å². The van der Waals surface area contributed by atoms with E-state index in [1.807, 2.05) is 30.3 Å². The second-order valence-electron chi connectivity index (χ2n) is 4.11. The normalized spacial score (nSPS) is 10.5. The Morgan fingerprint density at radius 2 is 2.10 bits per heavy atom. The van der Waals surface area contributed by atoms with Crippen LogP contribution in [0.1, 0.15) is 5.56 Å². The van der Waals surface area contributed by atoms with Gasteiger partial charge in [0.1, 0.15) is 12.9 Å². The summed E-state index contributed by atoms with van der Waals surface area (Å²) in [6.45, 7) is 0.192. The van der Waals surface area contributed by atoms with Crippen LogP contribution in [-0.2, 0) is 11.3 Å². The Hall–Kier alpha value is -2.23. The van der Waals surface area contributed by atoms with E-state index >= 15 is 0 Å². The molecule has 0 aliphatic heterocycles. The van der Waals surface area contributed by atoms with Crippen molar-refractivity contribution < 1.29 is 9.53 Å². The maximum atomic E-state index is 11.8. The van der Waals surface area contributed by atoms with Gasteiger partial charge in [0.2, 0.25) is 5.95 Å². The maximum Gasteiger partial charge on any atom is 0.414 e. The number of carbonyl (C=O) groups excluding carboxylic acids is 1. The molecule has 2 heterocycles. The minimum atomic E-state index is -0.593. The molecule has 3 aromatic rings. The van der Waals surface area contributed by atoms with Gasteiger partial charge in [0.05, 0.1) is 9.77 Å². The van der Waals surface area contributed by atoms with Gasteiger partial charge >= 0.3 is 6.09 Å². The number of benzene rings is 1. The number of fused-ring (bicyclic) bond motifs is 1. The topological polar surface area (TPSA) is 81.4 Å². The molecule has 2 aromatic heterocycles. The molecule has 106 valence electrons. The molecule has 0 saturated heterocycles. The third-order valence-corrected chi connectivity index (χ3v) is 3.45. The molecule has 0 aliphatic rings. The van der Waals surface area contributed by atoms with E-state index in [0.29, 0.717) is 5.65 Å². The molecule has 1 aromatic carbocycles. The van der Waals surface area contributed by atoms with E-state index in [1.54, 1.807) is 6.20 Å². The SMILES string of the molecule is O=C(Nc1ncnc2c(I)cnn12)OCc1ccccc1. The molecule has 8 heteroatoms. The van der Waals surface area contributed by atoms with E-state index in [0.717, 1.165) is 9.13 Å². The Balaban J connectivity index is 1.69. The van der Waals surface area contributed by atoms with Crippen LogP contribution in [0.15, 0.2) is 42.9 Å². The molecule has 0 atom stereocenters. The lowest BCUT2D eigenvalue weighted by Crippen LogP contribution is -2.17. The van der Waals surface area contributed by atoms with E-state index in [9.17, 15) is 4.79 Å². The molecule has 21 heavy (non-hydrogen) atoms. The maximum absolute atomic E-state index is 11.8. The van der Waals surface area contributed by atoms with Crippen molar-refractivity contribution in [1.29, 1.82) is 0 Å². The fourth-order valence-electron chi connectivity index (χ4n) is 1.72. The number of hydrogen-bond donors (Lipinski definition) is 1. The van der Waals surface area contributed by atoms with Gasteiger partial charge in [-0.25, -0.2) is 14.8 Å². The molecule has 0 fully saturated rings. The Morgan fingerprint density at radius 1 is 1.29 bits per heavy atom. The van der Waals surface area contributed by atoms with Crippen LogP contribution in [0.2, 0.25) is 0 Å². The zero-order chi connectivity index (χ0) is 14.7. The van der Waals surface area contributed by atoms with Crippen molar-refractivity contribution in [3.05, 3.63) is 52.0 Å². The minimum Gasteiger partial charge on any atom is -0.444 e. The zero-order valence-corrected chi connectivity index (χ0v) is 12.9. The van der Waals surface area contributed by atoms with Crippen LogP contribution in [-0.4, -0.2) is 25.7 Å². The number of hydrogen-bond acceptors (Lipinski definition) is 5. The predicted octanol–water partition coefficient (Wildman–Crippen LogP) is 2.48. The molecular formula is C13H10IN5O2. The van der Waals surface area contributed by atoms with Gasteiger partial charge < -0.3 is 4.74 Å². The number of halogens is 1. The third-order valence-electron chi connectivity index (χ3n) is 2.69. The van der Waals surface area contributed by atoms with Gasteiger partial charge in [0.15, 0.2) is 5.65 Å². The van der Waals surface area contributed by atoms with Gasteiger partial charge in [-0.3, -0.25) is 5.32 Å². The van der Waals surface area contributed by atoms with Gasteiger partial charge in [-0.05, 0) is 28.2 Å². The average molecular weight is 395 g/mol. The molecular weight excluding hydrogens is 385 g/mol. The third kappa shape index (κ3) is 3.10. The predicted molar refractivity (Wildman–Crippen MR) is 83.7 cm³/mol. The summed E-state index contributed by atoms with van der Waals surface area (Å²) in [5.74, 6) is 0.265. The summed E-state index contributed by atoms with van der Waals surface area (Å²) in [6, 6.07) is 9.44. The fourth-order valence-corrected chi connectivity index (χ4v) is 2.21. The molecule has 3 rings (SSSR count). The number of amides is 1. The highest BCUT2D eigenvalue weighted by Gasteiger charge is 2.11. The van der Waals surface area contributed by atoms with Crippen LogP contribution in [0, 0.1) is 3.57 Å². The molecule has 0 unspecified atom stereocenters. The first kappa shape index (κ1) is 13.7. The molecule has 0 bridgehead atoms. The Bertz CT molecular complexity index is 775. The summed E-state index contributed by atoms with van der Waals surface area (Å²) in [5.41, 5.74) is 1.54. The summed E-state index contributed by atoms with van der Waals surface area (Å²) in [6.07, 6.45) is 2.42. The zero-order valence-electron chi connectivity index (χ0n) is 10.7. The Labute approximate surface area is 133 Å². The number of aromatic nitrogens is 4. The van der Waals surface area contributed by atoms with Gasteiger partial charge in [0, 0.05) is 0 Å². The lowest BCUT2D eigenvalue weighted by molar-refractivity contribution is 0.155. The van der Waals surface area contributed by atoms with E-state index in [4.69, 9.17) is 4.74 Å². The van der Waals surface area contributed by atoms with Crippen molar-refractivity contribution in [2.24, 2.45) is 0 Å². The lowest BCUT2D eigenvalue weighted by Gasteiger charge is -2.07. The number of nitrogens with one attached hydrogen (secondary N) is 1. The summed E-state index contributed by atoms with van der Waals surface area (Å²) in [4.78, 5) is 19.9. The molecule has 1 amide bonds. The van der Waals surface area contributed by atoms with E-state index in [-0.39, 0.29) is 12.6 Å². The summed E-state index contributed by atoms with van der Waals surface area (Å²) in [5, 5.41) is 6.66. The van der Waals surface area contributed by atoms with E-state index < -0.39 is 6.09 Å². The first-order valence-electron chi connectivity index (χ1n) is 6.06. The van der Waals surface area contributed by atoms with Crippen LogP contribution in [0.25, 0.3) is 5.65 Å². The second-order valence-corrected chi connectivity index (χ2v) is 5.27. The standard InChI is InChI=1S/C13H10IN5O2/c14-10-6-17-19-11(10)15-8-16-12(19)18-13(20)21-7-9-4-2-1-3-5-9/h1-6,8H,7H2,(H,15,16,18,20). The molecule has 0 radical (unpaired) electrons. The van der Waals surface area contributed by atoms with Crippen LogP contribution < -0.4 is 5.32 Å². The Kier molecular flexibility index (Phi) is 3.95. The number of anilines is 1. The molecule has 0 spiro atoms. The minimum absolute atomic E-state index is 0.192. The van der Waals surface area contributed by atoms with Gasteiger partial charge in [-0.2, -0.15) is 9.61 Å². The van der Waals surface area contributed by atoms with Gasteiger partial charge in [-0.1, -0.05) is 30.3 Å². The quantitative estimate of drug-likeness (QED) is 0.690. The highest BCUT2D eigenvalue weighted by molar-refractivity contribution is 14.1. The van der Waals surface area contributed by atoms with E-state index in [1.165, 1.54) is 10.8 Å². The highest BCUT2D eigenvalue weighted by Crippen LogP contribution is 2.13.